The Bertz CT molecular complexity index is 1180. The first-order valence-electron chi connectivity index (χ1n) is 27.0. The van der Waals surface area contributed by atoms with Crippen molar-refractivity contribution in [1.29, 1.82) is 0 Å². The molecule has 10 nitrogen and oxygen atoms in total. The minimum Gasteiger partial charge on any atom is -0.394 e. The second kappa shape index (κ2) is 44.6. The third kappa shape index (κ3) is 34.1. The first-order chi connectivity index (χ1) is 31.8. The van der Waals surface area contributed by atoms with Crippen LogP contribution in [0.15, 0.2) is 48.6 Å². The van der Waals surface area contributed by atoms with Crippen molar-refractivity contribution in [2.24, 2.45) is 0 Å². The molecule has 65 heavy (non-hydrogen) atoms. The first kappa shape index (κ1) is 61.1. The average molecular weight is 920 g/mol. The van der Waals surface area contributed by atoms with Crippen LogP contribution in [0.4, 0.5) is 0 Å². The number of carbonyl (C=O) groups is 1. The molecule has 0 saturated carbocycles. The van der Waals surface area contributed by atoms with Crippen LogP contribution in [0, 0.1) is 0 Å². The fraction of sp³-hybridized carbons (Fsp3) is 0.836. The number of carbonyl (C=O) groups excluding carboxylic acids is 1. The molecule has 1 heterocycles. The Morgan fingerprint density at radius 3 is 1.37 bits per heavy atom. The molecular formula is C55H101NO9. The second-order valence-electron chi connectivity index (χ2n) is 18.8. The van der Waals surface area contributed by atoms with Crippen LogP contribution in [0.2, 0.25) is 0 Å². The lowest BCUT2D eigenvalue weighted by Gasteiger charge is -2.40. The summed E-state index contributed by atoms with van der Waals surface area (Å²) in [5.74, 6) is -0.631. The molecule has 1 rings (SSSR count). The highest BCUT2D eigenvalue weighted by atomic mass is 16.7. The molecule has 0 aromatic carbocycles. The molecule has 0 radical (unpaired) electrons. The lowest BCUT2D eigenvalue weighted by atomic mass is 9.99. The van der Waals surface area contributed by atoms with Gasteiger partial charge in [0.25, 0.3) is 0 Å². The fourth-order valence-electron chi connectivity index (χ4n) is 8.31. The van der Waals surface area contributed by atoms with Crippen LogP contribution >= 0.6 is 0 Å². The van der Waals surface area contributed by atoms with Gasteiger partial charge in [0.1, 0.15) is 30.5 Å². The molecule has 1 amide bonds. The Labute approximate surface area is 397 Å². The maximum atomic E-state index is 13.1. The summed E-state index contributed by atoms with van der Waals surface area (Å²) >= 11 is 0. The Hall–Kier alpha value is -1.89. The van der Waals surface area contributed by atoms with Gasteiger partial charge in [-0.15, -0.1) is 0 Å². The number of nitrogens with one attached hydrogen (secondary N) is 1. The second-order valence-corrected chi connectivity index (χ2v) is 18.8. The minimum atomic E-state index is -1.62. The smallest absolute Gasteiger partial charge is 0.249 e. The van der Waals surface area contributed by atoms with Gasteiger partial charge in [0.05, 0.1) is 25.4 Å². The Morgan fingerprint density at radius 1 is 0.523 bits per heavy atom. The van der Waals surface area contributed by atoms with Crippen LogP contribution in [0.25, 0.3) is 0 Å². The summed E-state index contributed by atoms with van der Waals surface area (Å²) in [7, 11) is 0. The van der Waals surface area contributed by atoms with Gasteiger partial charge in [0, 0.05) is 0 Å². The van der Waals surface area contributed by atoms with E-state index in [1.165, 1.54) is 154 Å². The van der Waals surface area contributed by atoms with E-state index >= 15 is 0 Å². The number of allylic oxidation sites excluding steroid dienone is 7. The van der Waals surface area contributed by atoms with E-state index in [0.717, 1.165) is 44.9 Å². The zero-order chi connectivity index (χ0) is 47.4. The van der Waals surface area contributed by atoms with Gasteiger partial charge in [0.2, 0.25) is 5.91 Å². The van der Waals surface area contributed by atoms with Crippen molar-refractivity contribution in [3.63, 3.8) is 0 Å². The standard InChI is InChI=1S/C55H101NO9/c1-3-5-7-9-11-13-15-17-18-19-20-21-22-23-24-25-26-27-28-29-30-32-34-36-38-40-42-44-49(59)54(63)56-47(46-64-55-53(62)52(61)51(60)50(45-57)65-55)48(58)43-41-39-37-35-33-31-16-14-12-10-8-6-4-2/h12,14,23-24,33,35,41,43,47-53,55,57-62H,3-11,13,15-22,25-32,34,36-40,42,44-46H2,1-2H3,(H,56,63)/b14-12+,24-23-,35-33+,43-41+. The van der Waals surface area contributed by atoms with Crippen LogP contribution in [0.1, 0.15) is 232 Å². The van der Waals surface area contributed by atoms with Crippen molar-refractivity contribution in [1.82, 2.24) is 5.32 Å². The molecule has 1 fully saturated rings. The van der Waals surface area contributed by atoms with Gasteiger partial charge in [-0.05, 0) is 70.6 Å². The lowest BCUT2D eigenvalue weighted by Crippen LogP contribution is -2.60. The van der Waals surface area contributed by atoms with E-state index in [0.29, 0.717) is 19.3 Å². The monoisotopic (exact) mass is 920 g/mol. The predicted molar refractivity (Wildman–Crippen MR) is 269 cm³/mol. The van der Waals surface area contributed by atoms with Crippen molar-refractivity contribution < 1.29 is 44.9 Å². The number of aliphatic hydroxyl groups excluding tert-OH is 6. The Balaban J connectivity index is 2.26. The molecule has 1 saturated heterocycles. The van der Waals surface area contributed by atoms with Gasteiger partial charge in [-0.1, -0.05) is 210 Å². The number of rotatable bonds is 45. The fourth-order valence-corrected chi connectivity index (χ4v) is 8.31. The van der Waals surface area contributed by atoms with E-state index in [1.807, 2.05) is 6.08 Å². The quantitative estimate of drug-likeness (QED) is 0.0232. The van der Waals surface area contributed by atoms with E-state index in [4.69, 9.17) is 9.47 Å². The average Bonchev–Trinajstić information content (AvgIpc) is 3.31. The molecule has 0 aromatic heterocycles. The summed E-state index contributed by atoms with van der Waals surface area (Å²) in [4.78, 5) is 13.1. The summed E-state index contributed by atoms with van der Waals surface area (Å²) in [6, 6.07) is -1.00. The van der Waals surface area contributed by atoms with Crippen molar-refractivity contribution in [3.8, 4) is 0 Å². The van der Waals surface area contributed by atoms with Crippen molar-refractivity contribution in [2.75, 3.05) is 13.2 Å². The molecule has 8 atom stereocenters. The van der Waals surface area contributed by atoms with E-state index in [2.05, 4.69) is 55.6 Å². The first-order valence-corrected chi connectivity index (χ1v) is 27.0. The minimum absolute atomic E-state index is 0.299. The van der Waals surface area contributed by atoms with Crippen LogP contribution < -0.4 is 5.32 Å². The highest BCUT2D eigenvalue weighted by molar-refractivity contribution is 5.80. The zero-order valence-electron chi connectivity index (χ0n) is 41.6. The van der Waals surface area contributed by atoms with Gasteiger partial charge in [-0.25, -0.2) is 0 Å². The Morgan fingerprint density at radius 2 is 0.908 bits per heavy atom. The van der Waals surface area contributed by atoms with Crippen LogP contribution in [0.3, 0.4) is 0 Å². The SMILES string of the molecule is CCCCC/C=C/CC/C=C/CC/C=C/C(O)C(COC1OC(CO)C(O)C(O)C1O)NC(=O)C(O)CCCCCCCCCCCCC/C=C\CCCCCCCCCCCCCC. The summed E-state index contributed by atoms with van der Waals surface area (Å²) in [6.45, 7) is 3.56. The van der Waals surface area contributed by atoms with Crippen LogP contribution in [-0.4, -0.2) is 98.7 Å². The molecule has 0 spiro atoms. The van der Waals surface area contributed by atoms with E-state index in [-0.39, 0.29) is 6.61 Å². The van der Waals surface area contributed by atoms with Gasteiger partial charge >= 0.3 is 0 Å². The molecule has 0 aromatic rings. The van der Waals surface area contributed by atoms with Crippen LogP contribution in [-0.2, 0) is 14.3 Å². The van der Waals surface area contributed by atoms with Crippen molar-refractivity contribution >= 4 is 5.91 Å². The maximum Gasteiger partial charge on any atom is 0.249 e. The van der Waals surface area contributed by atoms with E-state index < -0.39 is 61.5 Å². The molecule has 1 aliphatic rings. The Kier molecular flexibility index (Phi) is 41.9. The third-order valence-corrected chi connectivity index (χ3v) is 12.7. The molecular weight excluding hydrogens is 819 g/mol. The number of ether oxygens (including phenoxy) is 2. The zero-order valence-corrected chi connectivity index (χ0v) is 41.6. The van der Waals surface area contributed by atoms with Crippen molar-refractivity contribution in [2.45, 2.75) is 281 Å². The van der Waals surface area contributed by atoms with Gasteiger partial charge in [0.15, 0.2) is 6.29 Å². The lowest BCUT2D eigenvalue weighted by molar-refractivity contribution is -0.302. The largest absolute Gasteiger partial charge is 0.394 e. The molecule has 1 aliphatic heterocycles. The van der Waals surface area contributed by atoms with E-state index in [1.54, 1.807) is 6.08 Å². The summed E-state index contributed by atoms with van der Waals surface area (Å²) in [6.07, 6.45) is 47.9. The molecule has 0 bridgehead atoms. The normalized spacial score (nSPS) is 20.8. The number of hydrogen-bond donors (Lipinski definition) is 7. The van der Waals surface area contributed by atoms with E-state index in [9.17, 15) is 35.4 Å². The molecule has 8 unspecified atom stereocenters. The van der Waals surface area contributed by atoms with Gasteiger partial charge in [-0.2, -0.15) is 0 Å². The highest BCUT2D eigenvalue weighted by Gasteiger charge is 2.44. The molecule has 10 heteroatoms. The predicted octanol–water partition coefficient (Wildman–Crippen LogP) is 11.5. The summed E-state index contributed by atoms with van der Waals surface area (Å²) in [5, 5.41) is 64.8. The third-order valence-electron chi connectivity index (χ3n) is 12.7. The maximum absolute atomic E-state index is 13.1. The topological polar surface area (TPSA) is 169 Å². The summed E-state index contributed by atoms with van der Waals surface area (Å²) < 4.78 is 11.1. The van der Waals surface area contributed by atoms with Gasteiger partial charge in [-0.3, -0.25) is 4.79 Å². The van der Waals surface area contributed by atoms with Gasteiger partial charge < -0.3 is 45.4 Å². The van der Waals surface area contributed by atoms with Crippen molar-refractivity contribution in [3.05, 3.63) is 48.6 Å². The molecule has 380 valence electrons. The van der Waals surface area contributed by atoms with Crippen LogP contribution in [0.5, 0.6) is 0 Å². The highest BCUT2D eigenvalue weighted by Crippen LogP contribution is 2.23. The number of hydrogen-bond acceptors (Lipinski definition) is 9. The number of amides is 1. The summed E-state index contributed by atoms with van der Waals surface area (Å²) in [5.41, 5.74) is 0. The number of aliphatic hydroxyl groups is 6. The molecule has 0 aliphatic carbocycles. The number of unbranched alkanes of at least 4 members (excludes halogenated alkanes) is 28. The molecule has 7 N–H and O–H groups in total.